The first kappa shape index (κ1) is 19.4. The van der Waals surface area contributed by atoms with E-state index in [0.717, 1.165) is 17.4 Å². The van der Waals surface area contributed by atoms with Crippen LogP contribution in [-0.2, 0) is 22.6 Å². The number of nitrogens with one attached hydrogen (secondary N) is 1. The van der Waals surface area contributed by atoms with Crippen LogP contribution in [0.2, 0.25) is 0 Å². The molecule has 1 atom stereocenters. The van der Waals surface area contributed by atoms with Gasteiger partial charge in [0.25, 0.3) is 0 Å². The Morgan fingerprint density at radius 1 is 1.04 bits per heavy atom. The van der Waals surface area contributed by atoms with E-state index in [1.54, 1.807) is 0 Å². The van der Waals surface area contributed by atoms with E-state index >= 15 is 0 Å². The molecule has 0 radical (unpaired) electrons. The molecule has 0 bridgehead atoms. The SMILES string of the molecule is CCC.O=C[C@H](Cc1ccccc1)NC(=O)OCc1ccccc1.[HH]. The van der Waals surface area contributed by atoms with Gasteiger partial charge in [0.1, 0.15) is 12.9 Å². The van der Waals surface area contributed by atoms with Crippen molar-refractivity contribution >= 4 is 12.4 Å². The Balaban J connectivity index is 0.00000134. The van der Waals surface area contributed by atoms with Gasteiger partial charge in [-0.25, -0.2) is 4.79 Å². The van der Waals surface area contributed by atoms with Crippen molar-refractivity contribution in [2.24, 2.45) is 0 Å². The van der Waals surface area contributed by atoms with Crippen molar-refractivity contribution in [3.63, 3.8) is 0 Å². The molecule has 24 heavy (non-hydrogen) atoms. The predicted octanol–water partition coefficient (Wildman–Crippen LogP) is 4.39. The molecule has 0 saturated heterocycles. The lowest BCUT2D eigenvalue weighted by molar-refractivity contribution is -0.109. The number of hydrogen-bond donors (Lipinski definition) is 1. The van der Waals surface area contributed by atoms with Crippen LogP contribution in [0.15, 0.2) is 60.7 Å². The zero-order valence-corrected chi connectivity index (χ0v) is 14.3. The first-order valence-corrected chi connectivity index (χ1v) is 8.16. The molecule has 2 rings (SSSR count). The van der Waals surface area contributed by atoms with Crippen LogP contribution in [0.1, 0.15) is 32.8 Å². The number of amides is 1. The average molecular weight is 329 g/mol. The molecular weight excluding hydrogens is 302 g/mol. The van der Waals surface area contributed by atoms with Gasteiger partial charge in [0.15, 0.2) is 0 Å². The summed E-state index contributed by atoms with van der Waals surface area (Å²) in [5.74, 6) is 0. The van der Waals surface area contributed by atoms with E-state index in [1.807, 2.05) is 60.7 Å². The number of alkyl carbamates (subject to hydrolysis) is 1. The molecular formula is C20H27NO3. The monoisotopic (exact) mass is 329 g/mol. The van der Waals surface area contributed by atoms with Crippen molar-refractivity contribution < 1.29 is 15.8 Å². The summed E-state index contributed by atoms with van der Waals surface area (Å²) in [6, 6.07) is 18.3. The fourth-order valence-corrected chi connectivity index (χ4v) is 1.92. The van der Waals surface area contributed by atoms with E-state index in [9.17, 15) is 9.59 Å². The standard InChI is InChI=1S/C17H17NO3.C3H8.H2/c19-12-16(11-14-7-3-1-4-8-14)18-17(20)21-13-15-9-5-2-6-10-15;1-3-2;/h1-10,12,16H,11,13H2,(H,18,20);3H2,1-2H3;1H/t16-;;/m0../s1. The molecule has 4 heteroatoms. The highest BCUT2D eigenvalue weighted by Crippen LogP contribution is 2.03. The van der Waals surface area contributed by atoms with Gasteiger partial charge in [0.2, 0.25) is 0 Å². The molecule has 2 aromatic rings. The second-order valence-electron chi connectivity index (χ2n) is 5.35. The van der Waals surface area contributed by atoms with Crippen molar-refractivity contribution in [2.45, 2.75) is 39.3 Å². The van der Waals surface area contributed by atoms with Gasteiger partial charge in [-0.1, -0.05) is 80.9 Å². The molecule has 0 aromatic heterocycles. The van der Waals surface area contributed by atoms with Crippen molar-refractivity contribution in [3.05, 3.63) is 71.8 Å². The van der Waals surface area contributed by atoms with Gasteiger partial charge in [-0.05, 0) is 17.5 Å². The second kappa shape index (κ2) is 11.9. The van der Waals surface area contributed by atoms with Crippen LogP contribution >= 0.6 is 0 Å². The molecule has 1 amide bonds. The molecule has 0 unspecified atom stereocenters. The maximum Gasteiger partial charge on any atom is 0.408 e. The van der Waals surface area contributed by atoms with Crippen LogP contribution in [0.25, 0.3) is 0 Å². The smallest absolute Gasteiger partial charge is 0.408 e. The zero-order valence-electron chi connectivity index (χ0n) is 14.3. The third kappa shape index (κ3) is 8.13. The van der Waals surface area contributed by atoms with Gasteiger partial charge in [0.05, 0.1) is 6.04 Å². The normalized spacial score (nSPS) is 10.8. The Morgan fingerprint density at radius 3 is 2.04 bits per heavy atom. The molecule has 0 saturated carbocycles. The van der Waals surface area contributed by atoms with E-state index in [1.165, 1.54) is 6.42 Å². The molecule has 130 valence electrons. The van der Waals surface area contributed by atoms with Gasteiger partial charge in [-0.2, -0.15) is 0 Å². The van der Waals surface area contributed by atoms with Gasteiger partial charge in [0, 0.05) is 1.43 Å². The van der Waals surface area contributed by atoms with Crippen LogP contribution in [-0.4, -0.2) is 18.4 Å². The molecule has 4 nitrogen and oxygen atoms in total. The van der Waals surface area contributed by atoms with Crippen molar-refractivity contribution in [3.8, 4) is 0 Å². The van der Waals surface area contributed by atoms with Crippen LogP contribution in [0.5, 0.6) is 0 Å². The maximum atomic E-state index is 11.7. The lowest BCUT2D eigenvalue weighted by atomic mass is 10.1. The van der Waals surface area contributed by atoms with E-state index < -0.39 is 12.1 Å². The number of rotatable bonds is 6. The van der Waals surface area contributed by atoms with Gasteiger partial charge >= 0.3 is 6.09 Å². The number of benzene rings is 2. The summed E-state index contributed by atoms with van der Waals surface area (Å²) in [6.07, 6.45) is 1.83. The van der Waals surface area contributed by atoms with E-state index in [0.29, 0.717) is 6.42 Å². The molecule has 1 N–H and O–H groups in total. The minimum atomic E-state index is -0.591. The number of aldehydes is 1. The number of carbonyl (C=O) groups excluding carboxylic acids is 2. The van der Waals surface area contributed by atoms with E-state index in [-0.39, 0.29) is 8.03 Å². The highest BCUT2D eigenvalue weighted by atomic mass is 16.5. The molecule has 0 aliphatic heterocycles. The van der Waals surface area contributed by atoms with Crippen LogP contribution in [0, 0.1) is 0 Å². The zero-order chi connectivity index (χ0) is 17.6. The molecule has 0 aliphatic carbocycles. The van der Waals surface area contributed by atoms with Gasteiger partial charge < -0.3 is 14.8 Å². The summed E-state index contributed by atoms with van der Waals surface area (Å²) in [5, 5.41) is 2.56. The maximum absolute atomic E-state index is 11.7. The van der Waals surface area contributed by atoms with Crippen LogP contribution in [0.3, 0.4) is 0 Å². The largest absolute Gasteiger partial charge is 0.445 e. The number of ether oxygens (including phenoxy) is 1. The summed E-state index contributed by atoms with van der Waals surface area (Å²) in [5.41, 5.74) is 1.89. The minimum absolute atomic E-state index is 0. The number of carbonyl (C=O) groups is 2. The quantitative estimate of drug-likeness (QED) is 0.800. The second-order valence-corrected chi connectivity index (χ2v) is 5.35. The third-order valence-corrected chi connectivity index (χ3v) is 2.98. The Hall–Kier alpha value is -2.62. The van der Waals surface area contributed by atoms with E-state index in [4.69, 9.17) is 4.74 Å². The summed E-state index contributed by atoms with van der Waals surface area (Å²) < 4.78 is 5.09. The lowest BCUT2D eigenvalue weighted by Gasteiger charge is -2.13. The Labute approximate surface area is 145 Å². The Kier molecular flexibility index (Phi) is 9.62. The lowest BCUT2D eigenvalue weighted by Crippen LogP contribution is -2.37. The van der Waals surface area contributed by atoms with Crippen molar-refractivity contribution in [1.82, 2.24) is 5.32 Å². The third-order valence-electron chi connectivity index (χ3n) is 2.98. The molecule has 0 fully saturated rings. The summed E-state index contributed by atoms with van der Waals surface area (Å²) in [4.78, 5) is 22.7. The predicted molar refractivity (Wildman–Crippen MR) is 97.8 cm³/mol. The molecule has 2 aromatic carbocycles. The minimum Gasteiger partial charge on any atom is -0.445 e. The molecule has 0 aliphatic rings. The van der Waals surface area contributed by atoms with Gasteiger partial charge in [-0.3, -0.25) is 0 Å². The first-order chi connectivity index (χ1) is 11.7. The number of hydrogen-bond acceptors (Lipinski definition) is 3. The van der Waals surface area contributed by atoms with Crippen LogP contribution in [0.4, 0.5) is 4.79 Å². The topological polar surface area (TPSA) is 55.4 Å². The average Bonchev–Trinajstić information content (AvgIpc) is 2.62. The first-order valence-electron chi connectivity index (χ1n) is 8.16. The van der Waals surface area contributed by atoms with Gasteiger partial charge in [-0.15, -0.1) is 0 Å². The molecule has 0 heterocycles. The van der Waals surface area contributed by atoms with E-state index in [2.05, 4.69) is 19.2 Å². The van der Waals surface area contributed by atoms with Crippen molar-refractivity contribution in [1.29, 1.82) is 0 Å². The highest BCUT2D eigenvalue weighted by Gasteiger charge is 2.12. The molecule has 0 spiro atoms. The van der Waals surface area contributed by atoms with Crippen LogP contribution < -0.4 is 5.32 Å². The Morgan fingerprint density at radius 2 is 1.54 bits per heavy atom. The van der Waals surface area contributed by atoms with Crippen molar-refractivity contribution in [2.75, 3.05) is 0 Å². The fourth-order valence-electron chi connectivity index (χ4n) is 1.92. The fraction of sp³-hybridized carbons (Fsp3) is 0.300. The summed E-state index contributed by atoms with van der Waals surface area (Å²) in [6.45, 7) is 4.43. The summed E-state index contributed by atoms with van der Waals surface area (Å²) >= 11 is 0. The summed E-state index contributed by atoms with van der Waals surface area (Å²) in [7, 11) is 0. The highest BCUT2D eigenvalue weighted by molar-refractivity contribution is 5.73. The Bertz CT molecular complexity index is 590.